The fraction of sp³-hybridized carbons (Fsp3) is 0.826. The van der Waals surface area contributed by atoms with Crippen LogP contribution in [0.1, 0.15) is 71.6 Å². The molecular formula is C23H36N2O2. The van der Waals surface area contributed by atoms with E-state index in [1.54, 1.807) is 0 Å². The lowest BCUT2D eigenvalue weighted by Gasteiger charge is -2.60. The number of ketones is 1. The number of hydrogen-bond donors (Lipinski definition) is 2. The van der Waals surface area contributed by atoms with Crippen LogP contribution in [-0.4, -0.2) is 23.2 Å². The van der Waals surface area contributed by atoms with Gasteiger partial charge in [-0.1, -0.05) is 31.2 Å². The first-order chi connectivity index (χ1) is 12.9. The summed E-state index contributed by atoms with van der Waals surface area (Å²) in [6.07, 6.45) is 14.0. The number of rotatable bonds is 3. The molecule has 27 heavy (non-hydrogen) atoms. The third kappa shape index (κ3) is 2.90. The number of oxime groups is 1. The monoisotopic (exact) mass is 372 g/mol. The van der Waals surface area contributed by atoms with Gasteiger partial charge in [-0.15, -0.1) is 0 Å². The molecule has 4 fully saturated rings. The van der Waals surface area contributed by atoms with Gasteiger partial charge in [-0.05, 0) is 87.0 Å². The SMILES string of the molecule is C[C@]12CC[C@H](/C=C\CCN)CC1/C(=N/O)C[C@@H]1[C@@H]2CC[C@]2(C)C(=O)CC[C@@H]12. The van der Waals surface area contributed by atoms with Crippen molar-refractivity contribution in [1.82, 2.24) is 0 Å². The van der Waals surface area contributed by atoms with E-state index in [4.69, 9.17) is 5.73 Å². The van der Waals surface area contributed by atoms with E-state index in [0.717, 1.165) is 44.2 Å². The van der Waals surface area contributed by atoms with E-state index < -0.39 is 0 Å². The van der Waals surface area contributed by atoms with Gasteiger partial charge in [0.15, 0.2) is 0 Å². The maximum absolute atomic E-state index is 12.6. The van der Waals surface area contributed by atoms with Gasteiger partial charge in [0.25, 0.3) is 0 Å². The van der Waals surface area contributed by atoms with E-state index in [0.29, 0.717) is 41.9 Å². The smallest absolute Gasteiger partial charge is 0.139 e. The Labute approximate surface area is 163 Å². The van der Waals surface area contributed by atoms with Crippen molar-refractivity contribution >= 4 is 11.5 Å². The van der Waals surface area contributed by atoms with Gasteiger partial charge in [0, 0.05) is 17.8 Å². The van der Waals surface area contributed by atoms with Crippen LogP contribution in [0, 0.1) is 40.4 Å². The van der Waals surface area contributed by atoms with Crippen molar-refractivity contribution in [2.24, 2.45) is 51.3 Å². The van der Waals surface area contributed by atoms with Crippen LogP contribution in [0.3, 0.4) is 0 Å². The van der Waals surface area contributed by atoms with Gasteiger partial charge < -0.3 is 10.9 Å². The van der Waals surface area contributed by atoms with Gasteiger partial charge in [-0.3, -0.25) is 4.79 Å². The summed E-state index contributed by atoms with van der Waals surface area (Å²) in [5, 5.41) is 13.7. The Hall–Kier alpha value is -1.16. The Morgan fingerprint density at radius 1 is 1.22 bits per heavy atom. The molecule has 0 aromatic rings. The molecule has 4 aliphatic rings. The van der Waals surface area contributed by atoms with Gasteiger partial charge >= 0.3 is 0 Å². The second-order valence-corrected chi connectivity index (χ2v) is 10.2. The third-order valence-electron chi connectivity index (χ3n) is 9.10. The zero-order valence-corrected chi connectivity index (χ0v) is 17.0. The number of fused-ring (bicyclic) bond motifs is 5. The zero-order valence-electron chi connectivity index (χ0n) is 17.0. The predicted molar refractivity (Wildman–Crippen MR) is 108 cm³/mol. The van der Waals surface area contributed by atoms with Crippen LogP contribution in [0.2, 0.25) is 0 Å². The first-order valence-electron chi connectivity index (χ1n) is 11.0. The Morgan fingerprint density at radius 2 is 2.04 bits per heavy atom. The highest BCUT2D eigenvalue weighted by Crippen LogP contribution is 2.65. The molecule has 4 saturated carbocycles. The third-order valence-corrected chi connectivity index (χ3v) is 9.10. The minimum absolute atomic E-state index is 0.118. The van der Waals surface area contributed by atoms with E-state index in [1.807, 2.05) is 0 Å². The highest BCUT2D eigenvalue weighted by Gasteiger charge is 2.61. The van der Waals surface area contributed by atoms with Gasteiger partial charge in [0.05, 0.1) is 5.71 Å². The zero-order chi connectivity index (χ0) is 19.2. The summed E-state index contributed by atoms with van der Waals surface area (Å²) >= 11 is 0. The van der Waals surface area contributed by atoms with Gasteiger partial charge in [0.1, 0.15) is 5.78 Å². The molecule has 0 radical (unpaired) electrons. The number of carbonyl (C=O) groups is 1. The number of hydrogen-bond acceptors (Lipinski definition) is 4. The molecule has 0 amide bonds. The number of Topliss-reactive ketones (excluding diaryl/α,β-unsaturated/α-hetero) is 1. The second kappa shape index (κ2) is 7.02. The average Bonchev–Trinajstić information content (AvgIpc) is 2.96. The second-order valence-electron chi connectivity index (χ2n) is 10.2. The van der Waals surface area contributed by atoms with Crippen molar-refractivity contribution in [1.29, 1.82) is 0 Å². The van der Waals surface area contributed by atoms with Crippen molar-refractivity contribution in [3.63, 3.8) is 0 Å². The lowest BCUT2D eigenvalue weighted by atomic mass is 9.44. The summed E-state index contributed by atoms with van der Waals surface area (Å²) in [5.74, 6) is 3.11. The Balaban J connectivity index is 1.60. The minimum atomic E-state index is -0.118. The molecule has 1 unspecified atom stereocenters. The van der Waals surface area contributed by atoms with Gasteiger partial charge in [-0.2, -0.15) is 0 Å². The first-order valence-corrected chi connectivity index (χ1v) is 11.0. The van der Waals surface area contributed by atoms with E-state index in [9.17, 15) is 10.0 Å². The lowest BCUT2D eigenvalue weighted by Crippen LogP contribution is -2.56. The Morgan fingerprint density at radius 3 is 2.78 bits per heavy atom. The Bertz CT molecular complexity index is 657. The summed E-state index contributed by atoms with van der Waals surface area (Å²) in [4.78, 5) is 12.6. The topological polar surface area (TPSA) is 75.7 Å². The lowest BCUT2D eigenvalue weighted by molar-refractivity contribution is -0.134. The summed E-state index contributed by atoms with van der Waals surface area (Å²) < 4.78 is 0. The number of carbonyl (C=O) groups excluding carboxylic acids is 1. The number of nitrogens with zero attached hydrogens (tertiary/aromatic N) is 1. The molecule has 0 aromatic carbocycles. The van der Waals surface area contributed by atoms with Crippen molar-refractivity contribution in [2.45, 2.75) is 71.6 Å². The molecule has 0 spiro atoms. The average molecular weight is 373 g/mol. The van der Waals surface area contributed by atoms with Crippen molar-refractivity contribution in [2.75, 3.05) is 6.54 Å². The minimum Gasteiger partial charge on any atom is -0.411 e. The molecule has 4 aliphatic carbocycles. The summed E-state index contributed by atoms with van der Waals surface area (Å²) in [5.41, 5.74) is 6.74. The van der Waals surface area contributed by atoms with Crippen LogP contribution in [-0.2, 0) is 4.79 Å². The van der Waals surface area contributed by atoms with Crippen LogP contribution in [0.15, 0.2) is 17.3 Å². The van der Waals surface area contributed by atoms with Gasteiger partial charge in [0.2, 0.25) is 0 Å². The van der Waals surface area contributed by atoms with Crippen LogP contribution < -0.4 is 5.73 Å². The van der Waals surface area contributed by atoms with Crippen LogP contribution in [0.4, 0.5) is 0 Å². The summed E-state index contributed by atoms with van der Waals surface area (Å²) in [7, 11) is 0. The predicted octanol–water partition coefficient (Wildman–Crippen LogP) is 4.56. The van der Waals surface area contributed by atoms with Crippen LogP contribution in [0.5, 0.6) is 0 Å². The fourth-order valence-corrected chi connectivity index (χ4v) is 7.54. The molecule has 0 bridgehead atoms. The van der Waals surface area contributed by atoms with Crippen molar-refractivity contribution in [3.8, 4) is 0 Å². The maximum Gasteiger partial charge on any atom is 0.139 e. The molecule has 7 atom stereocenters. The Kier molecular flexibility index (Phi) is 4.99. The largest absolute Gasteiger partial charge is 0.411 e. The number of nitrogens with two attached hydrogens (primary N) is 1. The molecule has 150 valence electrons. The van der Waals surface area contributed by atoms with E-state index in [1.165, 1.54) is 19.3 Å². The summed E-state index contributed by atoms with van der Waals surface area (Å²) in [6.45, 7) is 5.38. The van der Waals surface area contributed by atoms with E-state index >= 15 is 0 Å². The molecule has 4 rings (SSSR count). The maximum atomic E-state index is 12.6. The normalized spacial score (nSPS) is 48.5. The number of allylic oxidation sites excluding steroid dienone is 1. The highest BCUT2D eigenvalue weighted by molar-refractivity contribution is 5.90. The molecule has 0 heterocycles. The molecule has 3 N–H and O–H groups in total. The van der Waals surface area contributed by atoms with Crippen molar-refractivity contribution in [3.05, 3.63) is 12.2 Å². The van der Waals surface area contributed by atoms with Crippen LogP contribution >= 0.6 is 0 Å². The standard InChI is InChI=1S/C23H36N2O2/c1-22-10-8-15(5-3-4-12-24)13-19(22)20(25-27)14-16-17-6-7-21(26)23(17,2)11-9-18(16)22/h3,5,15-19,27H,4,6-14,24H2,1-2H3/b5-3-,25-20+/t15-,16-,17-,18-,19?,22+,23-/m0/s1. The van der Waals surface area contributed by atoms with E-state index in [-0.39, 0.29) is 10.8 Å². The first kappa shape index (κ1) is 19.2. The van der Waals surface area contributed by atoms with Crippen molar-refractivity contribution < 1.29 is 10.0 Å². The quantitative estimate of drug-likeness (QED) is 0.433. The van der Waals surface area contributed by atoms with Gasteiger partial charge in [-0.25, -0.2) is 0 Å². The molecule has 4 nitrogen and oxygen atoms in total. The molecule has 0 aromatic heterocycles. The van der Waals surface area contributed by atoms with Crippen LogP contribution in [0.25, 0.3) is 0 Å². The van der Waals surface area contributed by atoms with E-state index in [2.05, 4.69) is 31.2 Å². The highest BCUT2D eigenvalue weighted by atomic mass is 16.4. The molecular weight excluding hydrogens is 336 g/mol. The molecule has 0 saturated heterocycles. The summed E-state index contributed by atoms with van der Waals surface area (Å²) in [6, 6.07) is 0. The molecule has 0 aliphatic heterocycles. The fourth-order valence-electron chi connectivity index (χ4n) is 7.54. The molecule has 4 heteroatoms.